The van der Waals surface area contributed by atoms with Crippen molar-refractivity contribution in [1.29, 1.82) is 0 Å². The number of carbonyl (C=O) groups excluding carboxylic acids is 2. The quantitative estimate of drug-likeness (QED) is 0.751. The van der Waals surface area contributed by atoms with Gasteiger partial charge in [0.1, 0.15) is 6.04 Å². The van der Waals surface area contributed by atoms with Gasteiger partial charge in [-0.3, -0.25) is 9.59 Å². The molecule has 126 valence electrons. The number of nitrogens with one attached hydrogen (secondary N) is 1. The number of benzene rings is 1. The molecule has 0 radical (unpaired) electrons. The van der Waals surface area contributed by atoms with Crippen LogP contribution in [0.1, 0.15) is 18.9 Å². The number of nitrogens with zero attached hydrogens (tertiary/aromatic N) is 1. The van der Waals surface area contributed by atoms with E-state index in [2.05, 4.69) is 5.32 Å². The number of carbonyl (C=O) groups is 2. The monoisotopic (exact) mass is 340 g/mol. The van der Waals surface area contributed by atoms with Crippen molar-refractivity contribution >= 4 is 21.9 Å². The molecule has 2 rings (SSSR count). The van der Waals surface area contributed by atoms with Crippen LogP contribution < -0.4 is 5.32 Å². The van der Waals surface area contributed by atoms with Gasteiger partial charge >= 0.3 is 5.97 Å². The first-order chi connectivity index (χ1) is 10.9. The first-order valence-electron chi connectivity index (χ1n) is 7.41. The number of amides is 1. The fourth-order valence-electron chi connectivity index (χ4n) is 2.47. The second-order valence-electron chi connectivity index (χ2n) is 5.17. The van der Waals surface area contributed by atoms with Gasteiger partial charge in [-0.05, 0) is 12.5 Å². The largest absolute Gasteiger partial charge is 0.466 e. The molecular weight excluding hydrogens is 320 g/mol. The minimum absolute atomic E-state index is 0.144. The van der Waals surface area contributed by atoms with Crippen molar-refractivity contribution in [3.05, 3.63) is 35.9 Å². The molecule has 1 amide bonds. The van der Waals surface area contributed by atoms with E-state index >= 15 is 0 Å². The molecule has 1 heterocycles. The molecule has 1 aliphatic heterocycles. The maximum atomic E-state index is 12.6. The van der Waals surface area contributed by atoms with Crippen LogP contribution in [0.15, 0.2) is 30.3 Å². The minimum Gasteiger partial charge on any atom is -0.466 e. The zero-order chi connectivity index (χ0) is 16.9. The Morgan fingerprint density at radius 3 is 2.70 bits per heavy atom. The van der Waals surface area contributed by atoms with Crippen molar-refractivity contribution in [3.63, 3.8) is 0 Å². The summed E-state index contributed by atoms with van der Waals surface area (Å²) < 4.78 is 31.2. The smallest absolute Gasteiger partial charge is 0.307 e. The maximum absolute atomic E-state index is 12.6. The number of hydrogen-bond donors (Lipinski definition) is 1. The topological polar surface area (TPSA) is 92.8 Å². The van der Waals surface area contributed by atoms with Crippen LogP contribution in [0.5, 0.6) is 0 Å². The van der Waals surface area contributed by atoms with E-state index in [0.29, 0.717) is 5.56 Å². The molecule has 1 aromatic rings. The number of sulfonamides is 1. The minimum atomic E-state index is -3.71. The molecule has 1 aliphatic rings. The molecule has 8 heteroatoms. The van der Waals surface area contributed by atoms with Gasteiger partial charge in [0.2, 0.25) is 15.9 Å². The fourth-order valence-corrected chi connectivity index (χ4v) is 4.17. The van der Waals surface area contributed by atoms with Crippen LogP contribution in [0.2, 0.25) is 0 Å². The average molecular weight is 340 g/mol. The standard InChI is InChI=1S/C15H20N2O5S/c1-2-22-14(18)10-13-15(19)16-8-9-17(13)23(20,21)11-12-6-4-3-5-7-12/h3-7,13H,2,8-11H2,1H3,(H,16,19). The summed E-state index contributed by atoms with van der Waals surface area (Å²) >= 11 is 0. The lowest BCUT2D eigenvalue weighted by atomic mass is 10.1. The molecule has 1 saturated heterocycles. The second-order valence-corrected chi connectivity index (χ2v) is 7.09. The third kappa shape index (κ3) is 4.52. The van der Waals surface area contributed by atoms with Gasteiger partial charge in [0, 0.05) is 13.1 Å². The van der Waals surface area contributed by atoms with E-state index in [4.69, 9.17) is 4.74 Å². The number of ether oxygens (including phenoxy) is 1. The van der Waals surface area contributed by atoms with Crippen LogP contribution in [0.3, 0.4) is 0 Å². The van der Waals surface area contributed by atoms with Gasteiger partial charge in [-0.25, -0.2) is 8.42 Å². The fraction of sp³-hybridized carbons (Fsp3) is 0.467. The molecule has 1 N–H and O–H groups in total. The summed E-state index contributed by atoms with van der Waals surface area (Å²) in [5.74, 6) is -1.27. The van der Waals surface area contributed by atoms with Crippen LogP contribution in [0.4, 0.5) is 0 Å². The van der Waals surface area contributed by atoms with E-state index in [9.17, 15) is 18.0 Å². The van der Waals surface area contributed by atoms with E-state index in [0.717, 1.165) is 4.31 Å². The summed E-state index contributed by atoms with van der Waals surface area (Å²) in [7, 11) is -3.71. The molecule has 1 fully saturated rings. The maximum Gasteiger partial charge on any atom is 0.307 e. The Morgan fingerprint density at radius 2 is 2.04 bits per heavy atom. The molecule has 1 atom stereocenters. The molecule has 0 aliphatic carbocycles. The third-order valence-electron chi connectivity index (χ3n) is 3.50. The van der Waals surface area contributed by atoms with Crippen molar-refractivity contribution < 1.29 is 22.7 Å². The van der Waals surface area contributed by atoms with Gasteiger partial charge in [-0.15, -0.1) is 0 Å². The Hall–Kier alpha value is -1.93. The number of esters is 1. The van der Waals surface area contributed by atoms with Gasteiger partial charge < -0.3 is 10.1 Å². The molecule has 0 spiro atoms. The summed E-state index contributed by atoms with van der Waals surface area (Å²) in [5, 5.41) is 2.59. The van der Waals surface area contributed by atoms with Gasteiger partial charge in [-0.1, -0.05) is 30.3 Å². The van der Waals surface area contributed by atoms with Crippen molar-refractivity contribution in [1.82, 2.24) is 9.62 Å². The van der Waals surface area contributed by atoms with Crippen molar-refractivity contribution in [2.75, 3.05) is 19.7 Å². The van der Waals surface area contributed by atoms with E-state index in [1.54, 1.807) is 37.3 Å². The Bertz CT molecular complexity index is 660. The van der Waals surface area contributed by atoms with E-state index in [1.165, 1.54) is 0 Å². The molecule has 0 saturated carbocycles. The number of hydrogen-bond acceptors (Lipinski definition) is 5. The van der Waals surface area contributed by atoms with Gasteiger partial charge in [0.15, 0.2) is 0 Å². The lowest BCUT2D eigenvalue weighted by molar-refractivity contribution is -0.146. The second kappa shape index (κ2) is 7.56. The van der Waals surface area contributed by atoms with Crippen LogP contribution in [0, 0.1) is 0 Å². The van der Waals surface area contributed by atoms with Crippen LogP contribution in [-0.4, -0.2) is 50.3 Å². The predicted molar refractivity (Wildman–Crippen MR) is 83.8 cm³/mol. The number of rotatable bonds is 6. The predicted octanol–water partition coefficient (Wildman–Crippen LogP) is 0.270. The van der Waals surface area contributed by atoms with Crippen molar-refractivity contribution in [3.8, 4) is 0 Å². The Kier molecular flexibility index (Phi) is 5.73. The Labute approximate surface area is 135 Å². The lowest BCUT2D eigenvalue weighted by Gasteiger charge is -2.33. The molecule has 1 aromatic carbocycles. The van der Waals surface area contributed by atoms with Crippen LogP contribution >= 0.6 is 0 Å². The SMILES string of the molecule is CCOC(=O)CC1C(=O)NCCN1S(=O)(=O)Cc1ccccc1. The zero-order valence-corrected chi connectivity index (χ0v) is 13.7. The first kappa shape index (κ1) is 17.4. The highest BCUT2D eigenvalue weighted by Crippen LogP contribution is 2.18. The highest BCUT2D eigenvalue weighted by molar-refractivity contribution is 7.88. The van der Waals surface area contributed by atoms with Gasteiger partial charge in [-0.2, -0.15) is 4.31 Å². The van der Waals surface area contributed by atoms with Gasteiger partial charge in [0.25, 0.3) is 0 Å². The normalized spacial score (nSPS) is 19.2. The summed E-state index contributed by atoms with van der Waals surface area (Å²) in [5.41, 5.74) is 0.633. The van der Waals surface area contributed by atoms with Crippen molar-refractivity contribution in [2.24, 2.45) is 0 Å². The van der Waals surface area contributed by atoms with E-state index < -0.39 is 27.9 Å². The van der Waals surface area contributed by atoms with Crippen LogP contribution in [-0.2, 0) is 30.1 Å². The summed E-state index contributed by atoms with van der Waals surface area (Å²) in [6.07, 6.45) is -0.284. The van der Waals surface area contributed by atoms with Gasteiger partial charge in [0.05, 0.1) is 18.8 Å². The molecule has 23 heavy (non-hydrogen) atoms. The average Bonchev–Trinajstić information content (AvgIpc) is 2.50. The molecular formula is C15H20N2O5S. The third-order valence-corrected chi connectivity index (χ3v) is 5.35. The first-order valence-corrected chi connectivity index (χ1v) is 9.01. The van der Waals surface area contributed by atoms with E-state index in [1.807, 2.05) is 0 Å². The zero-order valence-electron chi connectivity index (χ0n) is 12.9. The van der Waals surface area contributed by atoms with Crippen LogP contribution in [0.25, 0.3) is 0 Å². The number of piperazine rings is 1. The molecule has 1 unspecified atom stereocenters. The summed E-state index contributed by atoms with van der Waals surface area (Å²) in [6.45, 7) is 2.21. The van der Waals surface area contributed by atoms with E-state index in [-0.39, 0.29) is 31.9 Å². The molecule has 7 nitrogen and oxygen atoms in total. The Balaban J connectivity index is 2.19. The van der Waals surface area contributed by atoms with Crippen molar-refractivity contribution in [2.45, 2.75) is 25.1 Å². The highest BCUT2D eigenvalue weighted by atomic mass is 32.2. The Morgan fingerprint density at radius 1 is 1.35 bits per heavy atom. The molecule has 0 aromatic heterocycles. The summed E-state index contributed by atoms with van der Waals surface area (Å²) in [6, 6.07) is 7.67. The lowest BCUT2D eigenvalue weighted by Crippen LogP contribution is -2.57. The summed E-state index contributed by atoms with van der Waals surface area (Å²) in [4.78, 5) is 23.7. The molecule has 0 bridgehead atoms. The highest BCUT2D eigenvalue weighted by Gasteiger charge is 2.39.